The highest BCUT2D eigenvalue weighted by atomic mass is 16.5. The van der Waals surface area contributed by atoms with E-state index >= 15 is 0 Å². The minimum absolute atomic E-state index is 0.0224. The summed E-state index contributed by atoms with van der Waals surface area (Å²) in [6.45, 7) is 7.57. The summed E-state index contributed by atoms with van der Waals surface area (Å²) in [7, 11) is 3.09. The summed E-state index contributed by atoms with van der Waals surface area (Å²) >= 11 is 0. The lowest BCUT2D eigenvalue weighted by Gasteiger charge is -2.29. The zero-order valence-electron chi connectivity index (χ0n) is 19.1. The van der Waals surface area contributed by atoms with Gasteiger partial charge < -0.3 is 24.4 Å². The Morgan fingerprint density at radius 3 is 2.10 bits per heavy atom. The molecule has 0 saturated heterocycles. The monoisotopic (exact) mass is 428 g/mol. The van der Waals surface area contributed by atoms with E-state index in [0.717, 1.165) is 11.1 Å². The number of rotatable bonds is 10. The molecule has 2 aromatic rings. The van der Waals surface area contributed by atoms with Gasteiger partial charge in [0.15, 0.2) is 6.61 Å². The molecule has 0 aliphatic rings. The maximum atomic E-state index is 13.1. The third-order valence-corrected chi connectivity index (χ3v) is 4.89. The first-order chi connectivity index (χ1) is 14.7. The fourth-order valence-electron chi connectivity index (χ4n) is 3.05. The quantitative estimate of drug-likeness (QED) is 0.628. The van der Waals surface area contributed by atoms with Crippen molar-refractivity contribution in [3.8, 4) is 17.2 Å². The van der Waals surface area contributed by atoms with Crippen molar-refractivity contribution < 1.29 is 23.8 Å². The van der Waals surface area contributed by atoms with Crippen LogP contribution in [0.2, 0.25) is 0 Å². The zero-order valence-corrected chi connectivity index (χ0v) is 19.1. The van der Waals surface area contributed by atoms with Gasteiger partial charge in [-0.1, -0.05) is 24.3 Å². The normalized spacial score (nSPS) is 11.6. The predicted molar refractivity (Wildman–Crippen MR) is 120 cm³/mol. The van der Waals surface area contributed by atoms with Crippen LogP contribution in [0, 0.1) is 6.92 Å². The second-order valence-corrected chi connectivity index (χ2v) is 7.62. The highest BCUT2D eigenvalue weighted by Crippen LogP contribution is 2.27. The van der Waals surface area contributed by atoms with E-state index in [9.17, 15) is 9.59 Å². The molecular formula is C24H32N2O5. The van der Waals surface area contributed by atoms with Crippen LogP contribution < -0.4 is 19.5 Å². The van der Waals surface area contributed by atoms with Gasteiger partial charge >= 0.3 is 0 Å². The molecule has 1 N–H and O–H groups in total. The van der Waals surface area contributed by atoms with E-state index in [2.05, 4.69) is 5.32 Å². The topological polar surface area (TPSA) is 77.1 Å². The molecule has 7 heteroatoms. The third-order valence-electron chi connectivity index (χ3n) is 4.89. The number of hydrogen-bond acceptors (Lipinski definition) is 5. The van der Waals surface area contributed by atoms with Gasteiger partial charge in [-0.3, -0.25) is 9.59 Å². The molecule has 0 bridgehead atoms. The van der Waals surface area contributed by atoms with E-state index in [-0.39, 0.29) is 24.5 Å². The molecule has 0 aliphatic carbocycles. The fourth-order valence-corrected chi connectivity index (χ4v) is 3.05. The minimum atomic E-state index is -0.655. The summed E-state index contributed by atoms with van der Waals surface area (Å²) in [6, 6.07) is 12.2. The maximum Gasteiger partial charge on any atom is 0.261 e. The molecule has 2 aromatic carbocycles. The molecular weight excluding hydrogens is 396 g/mol. The summed E-state index contributed by atoms with van der Waals surface area (Å²) in [5.74, 6) is 1.06. The van der Waals surface area contributed by atoms with E-state index in [1.54, 1.807) is 39.3 Å². The number of nitrogens with one attached hydrogen (secondary N) is 1. The van der Waals surface area contributed by atoms with Crippen molar-refractivity contribution in [1.29, 1.82) is 0 Å². The largest absolute Gasteiger partial charge is 0.496 e. The Bertz CT molecular complexity index is 875. The number of ether oxygens (including phenoxy) is 3. The molecule has 0 unspecified atom stereocenters. The Morgan fingerprint density at radius 1 is 0.968 bits per heavy atom. The number of carbonyl (C=O) groups excluding carboxylic acids is 2. The molecule has 2 amide bonds. The van der Waals surface area contributed by atoms with Gasteiger partial charge in [0.25, 0.3) is 5.91 Å². The molecule has 0 radical (unpaired) electrons. The molecule has 1 atom stereocenters. The lowest BCUT2D eigenvalue weighted by molar-refractivity contribution is -0.142. The van der Waals surface area contributed by atoms with Crippen molar-refractivity contribution in [3.63, 3.8) is 0 Å². The fraction of sp³-hybridized carbons (Fsp3) is 0.417. The molecule has 0 saturated carbocycles. The first-order valence-electron chi connectivity index (χ1n) is 10.2. The van der Waals surface area contributed by atoms with Gasteiger partial charge in [-0.05, 0) is 38.8 Å². The standard InChI is InChI=1S/C24H32N2O5/c1-16(2)25-24(28)18(4)26(14-19-10-8-7-9-17(19)3)23(27)15-31-22-12-20(29-5)11-21(13-22)30-6/h7-13,16,18H,14-15H2,1-6H3,(H,25,28)/t18-/m1/s1. The summed E-state index contributed by atoms with van der Waals surface area (Å²) in [5.41, 5.74) is 2.03. The first-order valence-corrected chi connectivity index (χ1v) is 10.2. The summed E-state index contributed by atoms with van der Waals surface area (Å²) in [4.78, 5) is 27.3. The minimum Gasteiger partial charge on any atom is -0.496 e. The van der Waals surface area contributed by atoms with E-state index in [1.807, 2.05) is 45.0 Å². The van der Waals surface area contributed by atoms with Crippen LogP contribution in [-0.2, 0) is 16.1 Å². The predicted octanol–water partition coefficient (Wildman–Crippen LogP) is 3.33. The Hall–Kier alpha value is -3.22. The molecule has 0 heterocycles. The van der Waals surface area contributed by atoms with Crippen molar-refractivity contribution in [2.75, 3.05) is 20.8 Å². The van der Waals surface area contributed by atoms with E-state index in [0.29, 0.717) is 23.8 Å². The van der Waals surface area contributed by atoms with Gasteiger partial charge in [-0.15, -0.1) is 0 Å². The summed E-state index contributed by atoms with van der Waals surface area (Å²) < 4.78 is 16.2. The van der Waals surface area contributed by atoms with E-state index in [4.69, 9.17) is 14.2 Å². The van der Waals surface area contributed by atoms with Crippen LogP contribution in [0.15, 0.2) is 42.5 Å². The number of carbonyl (C=O) groups is 2. The van der Waals surface area contributed by atoms with Crippen LogP contribution in [0.1, 0.15) is 31.9 Å². The Kier molecular flexibility index (Phi) is 8.73. The number of amides is 2. The van der Waals surface area contributed by atoms with Gasteiger partial charge in [-0.2, -0.15) is 0 Å². The lowest BCUT2D eigenvalue weighted by Crippen LogP contribution is -2.50. The first kappa shape index (κ1) is 24.1. The van der Waals surface area contributed by atoms with Gasteiger partial charge in [0.2, 0.25) is 5.91 Å². The van der Waals surface area contributed by atoms with Crippen molar-refractivity contribution in [2.45, 2.75) is 46.3 Å². The molecule has 0 aromatic heterocycles. The summed E-state index contributed by atoms with van der Waals surface area (Å²) in [6.07, 6.45) is 0. The molecule has 0 aliphatic heterocycles. The maximum absolute atomic E-state index is 13.1. The second-order valence-electron chi connectivity index (χ2n) is 7.62. The highest BCUT2D eigenvalue weighted by Gasteiger charge is 2.27. The van der Waals surface area contributed by atoms with Crippen molar-refractivity contribution in [1.82, 2.24) is 10.2 Å². The number of hydrogen-bond donors (Lipinski definition) is 1. The number of benzene rings is 2. The Morgan fingerprint density at radius 2 is 1.55 bits per heavy atom. The van der Waals surface area contributed by atoms with E-state index in [1.165, 1.54) is 4.90 Å². The molecule has 31 heavy (non-hydrogen) atoms. The van der Waals surface area contributed by atoms with E-state index < -0.39 is 6.04 Å². The van der Waals surface area contributed by atoms with Crippen LogP contribution in [-0.4, -0.2) is 49.6 Å². The highest BCUT2D eigenvalue weighted by molar-refractivity contribution is 5.88. The number of nitrogens with zero attached hydrogens (tertiary/aromatic N) is 1. The zero-order chi connectivity index (χ0) is 23.0. The Labute approximate surface area is 184 Å². The van der Waals surface area contributed by atoms with Crippen LogP contribution in [0.5, 0.6) is 17.2 Å². The SMILES string of the molecule is COc1cc(OC)cc(OCC(=O)N(Cc2ccccc2C)[C@H](C)C(=O)NC(C)C)c1. The van der Waals surface area contributed by atoms with Crippen molar-refractivity contribution in [2.24, 2.45) is 0 Å². The number of methoxy groups -OCH3 is 2. The Balaban J connectivity index is 2.21. The molecule has 2 rings (SSSR count). The average Bonchev–Trinajstić information content (AvgIpc) is 2.75. The second kappa shape index (κ2) is 11.2. The van der Waals surface area contributed by atoms with Gasteiger partial charge in [0.05, 0.1) is 14.2 Å². The van der Waals surface area contributed by atoms with Gasteiger partial charge in [0, 0.05) is 30.8 Å². The third kappa shape index (κ3) is 6.91. The average molecular weight is 429 g/mol. The smallest absolute Gasteiger partial charge is 0.261 e. The molecule has 0 fully saturated rings. The number of aryl methyl sites for hydroxylation is 1. The lowest BCUT2D eigenvalue weighted by atomic mass is 10.1. The summed E-state index contributed by atoms with van der Waals surface area (Å²) in [5, 5.41) is 2.88. The van der Waals surface area contributed by atoms with Gasteiger partial charge in [0.1, 0.15) is 23.3 Å². The molecule has 168 valence electrons. The van der Waals surface area contributed by atoms with Crippen LogP contribution in [0.3, 0.4) is 0 Å². The van der Waals surface area contributed by atoms with Gasteiger partial charge in [-0.25, -0.2) is 0 Å². The van der Waals surface area contributed by atoms with Crippen LogP contribution in [0.4, 0.5) is 0 Å². The molecule has 0 spiro atoms. The van der Waals surface area contributed by atoms with Crippen molar-refractivity contribution >= 4 is 11.8 Å². The molecule has 7 nitrogen and oxygen atoms in total. The van der Waals surface area contributed by atoms with Crippen LogP contribution in [0.25, 0.3) is 0 Å². The van der Waals surface area contributed by atoms with Crippen molar-refractivity contribution in [3.05, 3.63) is 53.6 Å². The van der Waals surface area contributed by atoms with Crippen LogP contribution >= 0.6 is 0 Å².